The SMILES string of the molecule is COc1cccc(CNc2nc3c(cc2C#N)CCCC3)c1O. The maximum atomic E-state index is 10.1. The van der Waals surface area contributed by atoms with Gasteiger partial charge in [-0.2, -0.15) is 5.26 Å². The Balaban J connectivity index is 1.85. The lowest BCUT2D eigenvalue weighted by molar-refractivity contribution is 0.371. The van der Waals surface area contributed by atoms with E-state index in [0.29, 0.717) is 29.2 Å². The zero-order chi connectivity index (χ0) is 16.2. The van der Waals surface area contributed by atoms with Crippen molar-refractivity contribution >= 4 is 5.82 Å². The normalized spacial score (nSPS) is 13.0. The average Bonchev–Trinajstić information content (AvgIpc) is 2.60. The molecule has 0 saturated heterocycles. The highest BCUT2D eigenvalue weighted by Crippen LogP contribution is 2.30. The lowest BCUT2D eigenvalue weighted by Gasteiger charge is -2.17. The highest BCUT2D eigenvalue weighted by Gasteiger charge is 2.15. The first-order valence-electron chi connectivity index (χ1n) is 7.74. The van der Waals surface area contributed by atoms with Gasteiger partial charge in [-0.3, -0.25) is 0 Å². The number of rotatable bonds is 4. The molecule has 5 heteroatoms. The summed E-state index contributed by atoms with van der Waals surface area (Å²) < 4.78 is 5.11. The number of nitrogens with zero attached hydrogens (tertiary/aromatic N) is 2. The van der Waals surface area contributed by atoms with Crippen molar-refractivity contribution in [3.05, 3.63) is 46.6 Å². The minimum absolute atomic E-state index is 0.110. The van der Waals surface area contributed by atoms with E-state index in [9.17, 15) is 10.4 Å². The molecule has 0 atom stereocenters. The number of para-hydroxylation sites is 1. The Labute approximate surface area is 135 Å². The van der Waals surface area contributed by atoms with Crippen LogP contribution in [0.25, 0.3) is 0 Å². The summed E-state index contributed by atoms with van der Waals surface area (Å²) in [5.74, 6) is 1.12. The quantitative estimate of drug-likeness (QED) is 0.907. The Morgan fingerprint density at radius 2 is 2.17 bits per heavy atom. The predicted molar refractivity (Wildman–Crippen MR) is 87.6 cm³/mol. The summed E-state index contributed by atoms with van der Waals surface area (Å²) in [6.07, 6.45) is 4.25. The van der Waals surface area contributed by atoms with Gasteiger partial charge in [0.25, 0.3) is 0 Å². The molecule has 1 aliphatic rings. The van der Waals surface area contributed by atoms with Crippen molar-refractivity contribution in [2.75, 3.05) is 12.4 Å². The number of aromatic hydroxyl groups is 1. The molecular weight excluding hydrogens is 290 g/mol. The molecule has 0 aliphatic heterocycles. The van der Waals surface area contributed by atoms with E-state index in [1.54, 1.807) is 6.07 Å². The molecule has 1 aromatic carbocycles. The molecule has 0 fully saturated rings. The molecule has 1 aromatic heterocycles. The predicted octanol–water partition coefficient (Wildman–Crippen LogP) is 3.16. The molecule has 2 N–H and O–H groups in total. The Kier molecular flexibility index (Phi) is 4.33. The van der Waals surface area contributed by atoms with Crippen molar-refractivity contribution in [2.45, 2.75) is 32.2 Å². The third-order valence-electron chi connectivity index (χ3n) is 4.17. The first-order chi connectivity index (χ1) is 11.2. The van der Waals surface area contributed by atoms with Crippen molar-refractivity contribution in [1.29, 1.82) is 5.26 Å². The van der Waals surface area contributed by atoms with Gasteiger partial charge >= 0.3 is 0 Å². The van der Waals surface area contributed by atoms with E-state index in [-0.39, 0.29) is 5.75 Å². The molecule has 0 bridgehead atoms. The fraction of sp³-hybridized carbons (Fsp3) is 0.333. The van der Waals surface area contributed by atoms with Crippen molar-refractivity contribution in [3.63, 3.8) is 0 Å². The number of pyridine rings is 1. The number of benzene rings is 1. The highest BCUT2D eigenvalue weighted by atomic mass is 16.5. The zero-order valence-electron chi connectivity index (χ0n) is 13.1. The summed E-state index contributed by atoms with van der Waals surface area (Å²) in [6, 6.07) is 9.49. The summed E-state index contributed by atoms with van der Waals surface area (Å²) in [5.41, 5.74) is 3.51. The van der Waals surface area contributed by atoms with Crippen LogP contribution in [-0.2, 0) is 19.4 Å². The molecule has 0 saturated carbocycles. The maximum Gasteiger partial charge on any atom is 0.162 e. The van der Waals surface area contributed by atoms with Crippen LogP contribution in [-0.4, -0.2) is 17.2 Å². The van der Waals surface area contributed by atoms with Crippen LogP contribution in [0.2, 0.25) is 0 Å². The molecular formula is C18H19N3O2. The number of nitriles is 1. The number of methoxy groups -OCH3 is 1. The third-order valence-corrected chi connectivity index (χ3v) is 4.17. The van der Waals surface area contributed by atoms with Crippen molar-refractivity contribution in [1.82, 2.24) is 4.98 Å². The molecule has 0 unspecified atom stereocenters. The largest absolute Gasteiger partial charge is 0.504 e. The van der Waals surface area contributed by atoms with Gasteiger partial charge in [-0.1, -0.05) is 12.1 Å². The first-order valence-corrected chi connectivity index (χ1v) is 7.74. The van der Waals surface area contributed by atoms with Gasteiger partial charge < -0.3 is 15.2 Å². The molecule has 0 radical (unpaired) electrons. The van der Waals surface area contributed by atoms with Crippen molar-refractivity contribution < 1.29 is 9.84 Å². The lowest BCUT2D eigenvalue weighted by atomic mass is 9.95. The van der Waals surface area contributed by atoms with E-state index in [4.69, 9.17) is 4.74 Å². The fourth-order valence-electron chi connectivity index (χ4n) is 2.91. The standard InChI is InChI=1S/C18H19N3O2/c1-23-16-8-4-6-13(17(16)22)11-20-18-14(10-19)9-12-5-2-3-7-15(12)21-18/h4,6,8-9,22H,2-3,5,7,11H2,1H3,(H,20,21). The number of anilines is 1. The molecule has 1 aliphatic carbocycles. The third kappa shape index (κ3) is 3.07. The van der Waals surface area contributed by atoms with Crippen LogP contribution in [0.3, 0.4) is 0 Å². The molecule has 5 nitrogen and oxygen atoms in total. The topological polar surface area (TPSA) is 78.2 Å². The van der Waals surface area contributed by atoms with Gasteiger partial charge in [0.1, 0.15) is 11.9 Å². The number of nitrogens with one attached hydrogen (secondary N) is 1. The second kappa shape index (κ2) is 6.57. The lowest BCUT2D eigenvalue weighted by Crippen LogP contribution is -2.11. The van der Waals surface area contributed by atoms with Crippen LogP contribution in [0.1, 0.15) is 35.2 Å². The van der Waals surface area contributed by atoms with Crippen LogP contribution >= 0.6 is 0 Å². The molecule has 1 heterocycles. The van der Waals surface area contributed by atoms with Crippen LogP contribution in [0.4, 0.5) is 5.82 Å². The number of ether oxygens (including phenoxy) is 1. The fourth-order valence-corrected chi connectivity index (χ4v) is 2.91. The van der Waals surface area contributed by atoms with Gasteiger partial charge in [0.2, 0.25) is 0 Å². The monoisotopic (exact) mass is 309 g/mol. The van der Waals surface area contributed by atoms with E-state index >= 15 is 0 Å². The van der Waals surface area contributed by atoms with Gasteiger partial charge in [-0.25, -0.2) is 4.98 Å². The van der Waals surface area contributed by atoms with Crippen molar-refractivity contribution in [3.8, 4) is 17.6 Å². The Bertz CT molecular complexity index is 766. The van der Waals surface area contributed by atoms with Crippen molar-refractivity contribution in [2.24, 2.45) is 0 Å². The number of aromatic nitrogens is 1. The van der Waals surface area contributed by atoms with Crippen LogP contribution in [0.15, 0.2) is 24.3 Å². The van der Waals surface area contributed by atoms with E-state index in [1.165, 1.54) is 12.7 Å². The second-order valence-electron chi connectivity index (χ2n) is 5.63. The molecule has 0 amide bonds. The second-order valence-corrected chi connectivity index (χ2v) is 5.63. The number of hydrogen-bond acceptors (Lipinski definition) is 5. The van der Waals surface area contributed by atoms with Gasteiger partial charge in [0, 0.05) is 17.8 Å². The Hall–Kier alpha value is -2.74. The van der Waals surface area contributed by atoms with Crippen LogP contribution in [0.5, 0.6) is 11.5 Å². The van der Waals surface area contributed by atoms with Gasteiger partial charge in [0.05, 0.1) is 12.7 Å². The molecule has 3 rings (SSSR count). The minimum atomic E-state index is 0.110. The average molecular weight is 309 g/mol. The molecule has 2 aromatic rings. The number of hydrogen-bond donors (Lipinski definition) is 2. The summed E-state index contributed by atoms with van der Waals surface area (Å²) >= 11 is 0. The smallest absolute Gasteiger partial charge is 0.162 e. The van der Waals surface area contributed by atoms with Crippen LogP contribution < -0.4 is 10.1 Å². The maximum absolute atomic E-state index is 10.1. The summed E-state index contributed by atoms with van der Waals surface area (Å²) in [4.78, 5) is 4.62. The van der Waals surface area contributed by atoms with E-state index in [1.807, 2.05) is 18.2 Å². The van der Waals surface area contributed by atoms with E-state index < -0.39 is 0 Å². The molecule has 0 spiro atoms. The Morgan fingerprint density at radius 3 is 2.96 bits per heavy atom. The van der Waals surface area contributed by atoms with E-state index in [2.05, 4.69) is 16.4 Å². The molecule has 118 valence electrons. The Morgan fingerprint density at radius 1 is 1.35 bits per heavy atom. The number of phenols is 1. The van der Waals surface area contributed by atoms with Gasteiger partial charge in [-0.15, -0.1) is 0 Å². The van der Waals surface area contributed by atoms with Crippen LogP contribution in [0, 0.1) is 11.3 Å². The zero-order valence-corrected chi connectivity index (χ0v) is 13.1. The van der Waals surface area contributed by atoms with Gasteiger partial charge in [-0.05, 0) is 43.4 Å². The van der Waals surface area contributed by atoms with E-state index in [0.717, 1.165) is 31.4 Å². The minimum Gasteiger partial charge on any atom is -0.504 e. The van der Waals surface area contributed by atoms with Gasteiger partial charge in [0.15, 0.2) is 11.5 Å². The number of aryl methyl sites for hydroxylation is 2. The number of phenolic OH excluding ortho intramolecular Hbond substituents is 1. The summed E-state index contributed by atoms with van der Waals surface area (Å²) in [6.45, 7) is 0.378. The number of fused-ring (bicyclic) bond motifs is 1. The molecule has 23 heavy (non-hydrogen) atoms. The summed E-state index contributed by atoms with van der Waals surface area (Å²) in [5, 5.41) is 22.7. The first kappa shape index (κ1) is 15.2. The highest BCUT2D eigenvalue weighted by molar-refractivity contribution is 5.56. The summed E-state index contributed by atoms with van der Waals surface area (Å²) in [7, 11) is 1.52.